The number of aromatic nitrogens is 2. The minimum absolute atomic E-state index is 0.735. The molecule has 0 aliphatic rings. The fourth-order valence-corrected chi connectivity index (χ4v) is 3.47. The molecule has 2 N–H and O–H groups in total. The number of hydrogen-bond donors (Lipinski definition) is 2. The Bertz CT molecular complexity index is 831. The fourth-order valence-electron chi connectivity index (χ4n) is 2.68. The SMILES string of the molecule is CN=C(NCCSc1ccccc1)NCc1cccc(Cn2cccn2)c1. The van der Waals surface area contributed by atoms with Gasteiger partial charge in [0.1, 0.15) is 0 Å². The molecule has 0 spiro atoms. The van der Waals surface area contributed by atoms with Crippen LogP contribution in [-0.2, 0) is 13.1 Å². The summed E-state index contributed by atoms with van der Waals surface area (Å²) in [7, 11) is 1.80. The summed E-state index contributed by atoms with van der Waals surface area (Å²) < 4.78 is 1.93. The van der Waals surface area contributed by atoms with Gasteiger partial charge >= 0.3 is 0 Å². The van der Waals surface area contributed by atoms with E-state index in [0.717, 1.165) is 31.3 Å². The van der Waals surface area contributed by atoms with Gasteiger partial charge in [-0.15, -0.1) is 11.8 Å². The van der Waals surface area contributed by atoms with Gasteiger partial charge in [-0.25, -0.2) is 0 Å². The Hall–Kier alpha value is -2.73. The molecule has 1 heterocycles. The third-order valence-corrected chi connectivity index (χ3v) is 5.00. The topological polar surface area (TPSA) is 54.2 Å². The van der Waals surface area contributed by atoms with Crippen LogP contribution in [0.4, 0.5) is 0 Å². The third-order valence-electron chi connectivity index (χ3n) is 3.99. The Labute approximate surface area is 164 Å². The summed E-state index contributed by atoms with van der Waals surface area (Å²) in [6.45, 7) is 2.38. The molecule has 0 bridgehead atoms. The van der Waals surface area contributed by atoms with E-state index in [0.29, 0.717) is 0 Å². The van der Waals surface area contributed by atoms with Gasteiger partial charge in [0.15, 0.2) is 5.96 Å². The molecule has 5 nitrogen and oxygen atoms in total. The van der Waals surface area contributed by atoms with Crippen molar-refractivity contribution < 1.29 is 0 Å². The summed E-state index contributed by atoms with van der Waals surface area (Å²) in [6.07, 6.45) is 3.78. The van der Waals surface area contributed by atoms with Gasteiger partial charge in [-0.3, -0.25) is 9.67 Å². The molecule has 1 aromatic heterocycles. The van der Waals surface area contributed by atoms with Gasteiger partial charge in [0, 0.05) is 43.2 Å². The maximum absolute atomic E-state index is 4.30. The van der Waals surface area contributed by atoms with Crippen LogP contribution in [0.15, 0.2) is 82.9 Å². The number of nitrogens with one attached hydrogen (secondary N) is 2. The number of nitrogens with zero attached hydrogens (tertiary/aromatic N) is 3. The highest BCUT2D eigenvalue weighted by Crippen LogP contribution is 2.15. The summed E-state index contributed by atoms with van der Waals surface area (Å²) in [5.74, 6) is 1.81. The Morgan fingerprint density at radius 1 is 1.04 bits per heavy atom. The minimum atomic E-state index is 0.735. The first kappa shape index (κ1) is 19.0. The summed E-state index contributed by atoms with van der Waals surface area (Å²) in [4.78, 5) is 5.59. The molecule has 0 amide bonds. The molecule has 0 fully saturated rings. The monoisotopic (exact) mass is 379 g/mol. The standard InChI is InChI=1S/C21H25N5S/c1-22-21(23-12-14-27-20-9-3-2-4-10-20)24-16-18-7-5-8-19(15-18)17-26-13-6-11-25-26/h2-11,13,15H,12,14,16-17H2,1H3,(H2,22,23,24). The van der Waals surface area contributed by atoms with Gasteiger partial charge in [-0.05, 0) is 29.3 Å². The fraction of sp³-hybridized carbons (Fsp3) is 0.238. The molecule has 2 aromatic carbocycles. The minimum Gasteiger partial charge on any atom is -0.356 e. The van der Waals surface area contributed by atoms with Crippen LogP contribution in [0, 0.1) is 0 Å². The van der Waals surface area contributed by atoms with Crippen LogP contribution >= 0.6 is 11.8 Å². The summed E-state index contributed by atoms with van der Waals surface area (Å²) in [6, 6.07) is 20.9. The highest BCUT2D eigenvalue weighted by Gasteiger charge is 2.01. The molecular weight excluding hydrogens is 354 g/mol. The molecule has 27 heavy (non-hydrogen) atoms. The van der Waals surface area contributed by atoms with Crippen molar-refractivity contribution in [1.29, 1.82) is 0 Å². The van der Waals surface area contributed by atoms with E-state index in [2.05, 4.69) is 69.3 Å². The maximum atomic E-state index is 4.30. The van der Waals surface area contributed by atoms with Crippen molar-refractivity contribution in [3.05, 3.63) is 84.2 Å². The molecule has 3 rings (SSSR count). The first-order valence-corrected chi connectivity index (χ1v) is 9.99. The predicted molar refractivity (Wildman–Crippen MR) is 113 cm³/mol. The van der Waals surface area contributed by atoms with Crippen molar-refractivity contribution in [2.24, 2.45) is 4.99 Å². The van der Waals surface area contributed by atoms with Gasteiger partial charge in [0.25, 0.3) is 0 Å². The average molecular weight is 380 g/mol. The molecule has 0 saturated carbocycles. The first-order valence-electron chi connectivity index (χ1n) is 9.01. The van der Waals surface area contributed by atoms with Crippen molar-refractivity contribution in [3.63, 3.8) is 0 Å². The predicted octanol–water partition coefficient (Wildman–Crippen LogP) is 3.39. The highest BCUT2D eigenvalue weighted by molar-refractivity contribution is 7.99. The second-order valence-corrected chi connectivity index (χ2v) is 7.21. The molecule has 0 saturated heterocycles. The zero-order valence-corrected chi connectivity index (χ0v) is 16.3. The smallest absolute Gasteiger partial charge is 0.191 e. The third kappa shape index (κ3) is 6.49. The lowest BCUT2D eigenvalue weighted by Crippen LogP contribution is -2.37. The molecule has 3 aromatic rings. The number of benzene rings is 2. The first-order chi connectivity index (χ1) is 13.3. The van der Waals surface area contributed by atoms with Crippen LogP contribution in [0.2, 0.25) is 0 Å². The highest BCUT2D eigenvalue weighted by atomic mass is 32.2. The van der Waals surface area contributed by atoms with E-state index in [4.69, 9.17) is 0 Å². The molecule has 140 valence electrons. The van der Waals surface area contributed by atoms with E-state index >= 15 is 0 Å². The van der Waals surface area contributed by atoms with Crippen LogP contribution < -0.4 is 10.6 Å². The zero-order chi connectivity index (χ0) is 18.7. The Morgan fingerprint density at radius 2 is 1.89 bits per heavy atom. The van der Waals surface area contributed by atoms with E-state index in [9.17, 15) is 0 Å². The number of hydrogen-bond acceptors (Lipinski definition) is 3. The number of rotatable bonds is 8. The van der Waals surface area contributed by atoms with E-state index < -0.39 is 0 Å². The second-order valence-electron chi connectivity index (χ2n) is 6.04. The van der Waals surface area contributed by atoms with Crippen LogP contribution in [0.3, 0.4) is 0 Å². The Morgan fingerprint density at radius 3 is 2.67 bits per heavy atom. The van der Waals surface area contributed by atoms with Gasteiger partial charge in [-0.2, -0.15) is 5.10 Å². The van der Waals surface area contributed by atoms with Crippen molar-refractivity contribution in [3.8, 4) is 0 Å². The van der Waals surface area contributed by atoms with Crippen LogP contribution in [0.5, 0.6) is 0 Å². The van der Waals surface area contributed by atoms with E-state index in [1.165, 1.54) is 16.0 Å². The lowest BCUT2D eigenvalue weighted by molar-refractivity contribution is 0.685. The molecule has 0 atom stereocenters. The van der Waals surface area contributed by atoms with Crippen molar-refractivity contribution >= 4 is 17.7 Å². The molecule has 0 aliphatic heterocycles. The molecule has 6 heteroatoms. The summed E-state index contributed by atoms with van der Waals surface area (Å²) >= 11 is 1.84. The van der Waals surface area contributed by atoms with Crippen molar-refractivity contribution in [1.82, 2.24) is 20.4 Å². The number of guanidine groups is 1. The molecule has 0 aliphatic carbocycles. The maximum Gasteiger partial charge on any atom is 0.191 e. The summed E-state index contributed by atoms with van der Waals surface area (Å²) in [5, 5.41) is 11.0. The van der Waals surface area contributed by atoms with Gasteiger partial charge in [0.05, 0.1) is 6.54 Å². The van der Waals surface area contributed by atoms with Crippen LogP contribution in [-0.4, -0.2) is 35.1 Å². The average Bonchev–Trinajstić information content (AvgIpc) is 3.21. The zero-order valence-electron chi connectivity index (χ0n) is 15.5. The lowest BCUT2D eigenvalue weighted by atomic mass is 10.1. The van der Waals surface area contributed by atoms with Crippen LogP contribution in [0.1, 0.15) is 11.1 Å². The lowest BCUT2D eigenvalue weighted by Gasteiger charge is -2.12. The van der Waals surface area contributed by atoms with E-state index in [1.54, 1.807) is 13.2 Å². The van der Waals surface area contributed by atoms with Gasteiger partial charge in [-0.1, -0.05) is 42.5 Å². The normalized spacial score (nSPS) is 11.4. The van der Waals surface area contributed by atoms with Gasteiger partial charge in [0.2, 0.25) is 0 Å². The Kier molecular flexibility index (Phi) is 7.35. The largest absolute Gasteiger partial charge is 0.356 e. The molecule has 0 radical (unpaired) electrons. The number of aliphatic imine (C=N–C) groups is 1. The second kappa shape index (κ2) is 10.4. The van der Waals surface area contributed by atoms with Gasteiger partial charge < -0.3 is 10.6 Å². The van der Waals surface area contributed by atoms with Crippen molar-refractivity contribution in [2.75, 3.05) is 19.3 Å². The molecule has 0 unspecified atom stereocenters. The van der Waals surface area contributed by atoms with E-state index in [-0.39, 0.29) is 0 Å². The van der Waals surface area contributed by atoms with Crippen LogP contribution in [0.25, 0.3) is 0 Å². The summed E-state index contributed by atoms with van der Waals surface area (Å²) in [5.41, 5.74) is 2.46. The quantitative estimate of drug-likeness (QED) is 0.273. The van der Waals surface area contributed by atoms with Crippen molar-refractivity contribution in [2.45, 2.75) is 18.0 Å². The van der Waals surface area contributed by atoms with E-state index in [1.807, 2.05) is 34.8 Å². The Balaban J connectivity index is 1.42. The molecular formula is C21H25N5S. The number of thioether (sulfide) groups is 1.